The molecule has 0 aliphatic heterocycles. The van der Waals surface area contributed by atoms with Crippen molar-refractivity contribution in [2.24, 2.45) is 0 Å². The molecule has 0 aliphatic rings. The van der Waals surface area contributed by atoms with E-state index < -0.39 is 15.8 Å². The Balaban J connectivity index is 2.16. The van der Waals surface area contributed by atoms with Gasteiger partial charge in [0.05, 0.1) is 16.4 Å². The second kappa shape index (κ2) is 7.97. The smallest absolute Gasteiger partial charge is 0.308 e. The highest BCUT2D eigenvalue weighted by Crippen LogP contribution is 2.25. The van der Waals surface area contributed by atoms with Gasteiger partial charge in [0.1, 0.15) is 11.5 Å². The fourth-order valence-corrected chi connectivity index (χ4v) is 3.30. The molecule has 0 atom stereocenters. The first-order chi connectivity index (χ1) is 11.4. The summed E-state index contributed by atoms with van der Waals surface area (Å²) in [6, 6.07) is 12.1. The van der Waals surface area contributed by atoms with E-state index in [1.165, 1.54) is 43.3 Å². The molecule has 0 bridgehead atoms. The van der Waals surface area contributed by atoms with Gasteiger partial charge in [-0.2, -0.15) is 0 Å². The zero-order chi connectivity index (χ0) is 17.6. The normalized spacial score (nSPS) is 11.1. The quantitative estimate of drug-likeness (QED) is 0.434. The standard InChI is InChI=1S/C18H20O5S/c1-3-4-13-22-15-5-9-17(10-6-15)24(20,21)18-11-7-16(8-12-18)23-14(2)19/h5-12H,3-4,13H2,1-2H3. The molecule has 0 saturated carbocycles. The second-order valence-electron chi connectivity index (χ2n) is 5.24. The van der Waals surface area contributed by atoms with Crippen LogP contribution in [0.5, 0.6) is 11.5 Å². The predicted molar refractivity (Wildman–Crippen MR) is 90.0 cm³/mol. The SMILES string of the molecule is CCCCOc1ccc(S(=O)(=O)c2ccc(OC(C)=O)cc2)cc1. The van der Waals surface area contributed by atoms with Crippen LogP contribution in [0.3, 0.4) is 0 Å². The summed E-state index contributed by atoms with van der Waals surface area (Å²) < 4.78 is 35.6. The van der Waals surface area contributed by atoms with E-state index >= 15 is 0 Å². The highest BCUT2D eigenvalue weighted by molar-refractivity contribution is 7.91. The minimum absolute atomic E-state index is 0.137. The van der Waals surface area contributed by atoms with Gasteiger partial charge in [-0.3, -0.25) is 4.79 Å². The summed E-state index contributed by atoms with van der Waals surface area (Å²) >= 11 is 0. The van der Waals surface area contributed by atoms with Gasteiger partial charge in [-0.15, -0.1) is 0 Å². The highest BCUT2D eigenvalue weighted by Gasteiger charge is 2.17. The number of ether oxygens (including phenoxy) is 2. The lowest BCUT2D eigenvalue weighted by molar-refractivity contribution is -0.131. The number of carbonyl (C=O) groups excluding carboxylic acids is 1. The monoisotopic (exact) mass is 348 g/mol. The van der Waals surface area contributed by atoms with Crippen LogP contribution in [0.2, 0.25) is 0 Å². The lowest BCUT2D eigenvalue weighted by Crippen LogP contribution is -2.04. The lowest BCUT2D eigenvalue weighted by Gasteiger charge is -2.08. The molecule has 128 valence electrons. The van der Waals surface area contributed by atoms with Gasteiger partial charge < -0.3 is 9.47 Å². The Hall–Kier alpha value is -2.34. The molecular weight excluding hydrogens is 328 g/mol. The molecule has 0 amide bonds. The minimum Gasteiger partial charge on any atom is -0.494 e. The van der Waals surface area contributed by atoms with Gasteiger partial charge in [-0.05, 0) is 55.0 Å². The number of benzene rings is 2. The van der Waals surface area contributed by atoms with E-state index in [1.54, 1.807) is 12.1 Å². The number of sulfone groups is 1. The van der Waals surface area contributed by atoms with Gasteiger partial charge in [0, 0.05) is 6.92 Å². The van der Waals surface area contributed by atoms with Crippen LogP contribution >= 0.6 is 0 Å². The Morgan fingerprint density at radius 2 is 1.42 bits per heavy atom. The van der Waals surface area contributed by atoms with Gasteiger partial charge in [-0.1, -0.05) is 13.3 Å². The second-order valence-corrected chi connectivity index (χ2v) is 7.19. The van der Waals surface area contributed by atoms with Crippen LogP contribution < -0.4 is 9.47 Å². The van der Waals surface area contributed by atoms with E-state index in [9.17, 15) is 13.2 Å². The van der Waals surface area contributed by atoms with E-state index in [-0.39, 0.29) is 9.79 Å². The summed E-state index contributed by atoms with van der Waals surface area (Å²) in [6.45, 7) is 3.97. The van der Waals surface area contributed by atoms with Crippen molar-refractivity contribution in [3.8, 4) is 11.5 Å². The van der Waals surface area contributed by atoms with Crippen molar-refractivity contribution in [1.82, 2.24) is 0 Å². The number of hydrogen-bond acceptors (Lipinski definition) is 5. The highest BCUT2D eigenvalue weighted by atomic mass is 32.2. The average molecular weight is 348 g/mol. The van der Waals surface area contributed by atoms with Gasteiger partial charge >= 0.3 is 5.97 Å². The molecule has 0 aromatic heterocycles. The van der Waals surface area contributed by atoms with Gasteiger partial charge in [-0.25, -0.2) is 8.42 Å². The molecule has 0 unspecified atom stereocenters. The Morgan fingerprint density at radius 1 is 0.917 bits per heavy atom. The van der Waals surface area contributed by atoms with Gasteiger partial charge in [0.25, 0.3) is 0 Å². The molecule has 0 N–H and O–H groups in total. The van der Waals surface area contributed by atoms with Crippen molar-refractivity contribution in [2.45, 2.75) is 36.5 Å². The summed E-state index contributed by atoms with van der Waals surface area (Å²) in [6.07, 6.45) is 1.99. The van der Waals surface area contributed by atoms with Crippen molar-refractivity contribution in [1.29, 1.82) is 0 Å². The molecule has 0 fully saturated rings. The molecule has 0 spiro atoms. The third-order valence-electron chi connectivity index (χ3n) is 3.30. The molecule has 5 nitrogen and oxygen atoms in total. The Bertz CT molecular complexity index is 777. The molecule has 0 aliphatic carbocycles. The number of unbranched alkanes of at least 4 members (excludes halogenated alkanes) is 1. The summed E-state index contributed by atoms with van der Waals surface area (Å²) in [5, 5.41) is 0. The topological polar surface area (TPSA) is 69.7 Å². The van der Waals surface area contributed by atoms with Gasteiger partial charge in [0.2, 0.25) is 9.84 Å². The average Bonchev–Trinajstić information content (AvgIpc) is 2.55. The van der Waals surface area contributed by atoms with E-state index in [1.807, 2.05) is 0 Å². The third kappa shape index (κ3) is 4.58. The van der Waals surface area contributed by atoms with Crippen molar-refractivity contribution in [2.75, 3.05) is 6.61 Å². The summed E-state index contributed by atoms with van der Waals surface area (Å²) in [7, 11) is -3.62. The van der Waals surface area contributed by atoms with E-state index in [4.69, 9.17) is 9.47 Å². The van der Waals surface area contributed by atoms with E-state index in [2.05, 4.69) is 6.92 Å². The van der Waals surface area contributed by atoms with E-state index in [0.29, 0.717) is 18.1 Å². The molecular formula is C18H20O5S. The molecule has 2 aromatic carbocycles. The molecule has 0 saturated heterocycles. The molecule has 6 heteroatoms. The fraction of sp³-hybridized carbons (Fsp3) is 0.278. The largest absolute Gasteiger partial charge is 0.494 e. The first-order valence-electron chi connectivity index (χ1n) is 7.70. The fourth-order valence-electron chi connectivity index (χ4n) is 2.04. The number of carbonyl (C=O) groups is 1. The summed E-state index contributed by atoms with van der Waals surface area (Å²) in [5.74, 6) is 0.498. The number of hydrogen-bond donors (Lipinski definition) is 0. The molecule has 2 rings (SSSR count). The first-order valence-corrected chi connectivity index (χ1v) is 9.18. The van der Waals surface area contributed by atoms with Crippen molar-refractivity contribution in [3.05, 3.63) is 48.5 Å². The van der Waals surface area contributed by atoms with E-state index in [0.717, 1.165) is 12.8 Å². The molecule has 2 aromatic rings. The van der Waals surface area contributed by atoms with Crippen LogP contribution in [0.1, 0.15) is 26.7 Å². The maximum Gasteiger partial charge on any atom is 0.308 e. The Morgan fingerprint density at radius 3 is 1.88 bits per heavy atom. The Kier molecular flexibility index (Phi) is 5.98. The number of rotatable bonds is 7. The third-order valence-corrected chi connectivity index (χ3v) is 5.08. The van der Waals surface area contributed by atoms with Crippen LogP contribution in [-0.4, -0.2) is 21.0 Å². The maximum atomic E-state index is 12.6. The van der Waals surface area contributed by atoms with Crippen molar-refractivity contribution < 1.29 is 22.7 Å². The van der Waals surface area contributed by atoms with Crippen molar-refractivity contribution >= 4 is 15.8 Å². The Labute approximate surface area is 142 Å². The summed E-state index contributed by atoms with van der Waals surface area (Å²) in [4.78, 5) is 11.2. The predicted octanol–water partition coefficient (Wildman–Crippen LogP) is 3.62. The van der Waals surface area contributed by atoms with Crippen molar-refractivity contribution in [3.63, 3.8) is 0 Å². The van der Waals surface area contributed by atoms with Gasteiger partial charge in [0.15, 0.2) is 0 Å². The molecule has 24 heavy (non-hydrogen) atoms. The first kappa shape index (κ1) is 18.0. The van der Waals surface area contributed by atoms with Crippen LogP contribution in [0, 0.1) is 0 Å². The van der Waals surface area contributed by atoms with Crippen LogP contribution in [-0.2, 0) is 14.6 Å². The zero-order valence-electron chi connectivity index (χ0n) is 13.7. The molecule has 0 heterocycles. The number of esters is 1. The van der Waals surface area contributed by atoms with Crippen LogP contribution in [0.4, 0.5) is 0 Å². The van der Waals surface area contributed by atoms with Crippen LogP contribution in [0.25, 0.3) is 0 Å². The van der Waals surface area contributed by atoms with Crippen LogP contribution in [0.15, 0.2) is 58.3 Å². The zero-order valence-corrected chi connectivity index (χ0v) is 14.5. The lowest BCUT2D eigenvalue weighted by atomic mass is 10.3. The maximum absolute atomic E-state index is 12.6. The molecule has 0 radical (unpaired) electrons. The minimum atomic E-state index is -3.62. The summed E-state index contributed by atoms with van der Waals surface area (Å²) in [5.41, 5.74) is 0.